The molecule has 3 aromatic carbocycles. The molecule has 1 atom stereocenters. The standard InChI is InChI=1S/C29H26O5/c1-20(30)24(19-25(21-13-7-4-8-14-21)22-15-9-5-10-16-22)26(23-17-11-6-12-18-23)27(28(31)33-2)29(32)34-3/h4-18,26-27H,1-3H3. The molecule has 5 nitrogen and oxygen atoms in total. The average molecular weight is 455 g/mol. The number of rotatable bonds is 8. The molecule has 3 aromatic rings. The Morgan fingerprint density at radius 2 is 1.09 bits per heavy atom. The van der Waals surface area contributed by atoms with Gasteiger partial charge in [0.1, 0.15) is 0 Å². The number of carbonyl (C=O) groups excluding carboxylic acids is 3. The maximum atomic E-state index is 13.1. The number of methoxy groups -OCH3 is 2. The van der Waals surface area contributed by atoms with Crippen molar-refractivity contribution in [3.63, 3.8) is 0 Å². The summed E-state index contributed by atoms with van der Waals surface area (Å²) in [5.74, 6) is -4.24. The molecule has 0 bridgehead atoms. The summed E-state index contributed by atoms with van der Waals surface area (Å²) in [5.41, 5.74) is 6.41. The van der Waals surface area contributed by atoms with E-state index in [0.717, 1.165) is 11.1 Å². The zero-order valence-corrected chi connectivity index (χ0v) is 19.4. The van der Waals surface area contributed by atoms with Crippen LogP contribution in [0.5, 0.6) is 0 Å². The Balaban J connectivity index is 2.42. The molecule has 0 aliphatic heterocycles. The number of allylic oxidation sites excluding steroid dienone is 1. The Hall–Kier alpha value is -4.21. The summed E-state index contributed by atoms with van der Waals surface area (Å²) in [6.07, 6.45) is 0. The van der Waals surface area contributed by atoms with E-state index in [9.17, 15) is 14.4 Å². The van der Waals surface area contributed by atoms with E-state index in [0.29, 0.717) is 11.1 Å². The number of esters is 2. The largest absolute Gasteiger partial charge is 0.468 e. The molecular weight excluding hydrogens is 428 g/mol. The van der Waals surface area contributed by atoms with Crippen molar-refractivity contribution >= 4 is 23.3 Å². The van der Waals surface area contributed by atoms with Gasteiger partial charge in [-0.1, -0.05) is 91.0 Å². The molecule has 0 aliphatic carbocycles. The second-order valence-electron chi connectivity index (χ2n) is 7.61. The van der Waals surface area contributed by atoms with Gasteiger partial charge in [0.15, 0.2) is 11.7 Å². The molecule has 0 aromatic heterocycles. The highest BCUT2D eigenvalue weighted by molar-refractivity contribution is 6.02. The minimum absolute atomic E-state index is 0.176. The van der Waals surface area contributed by atoms with Crippen LogP contribution in [0.4, 0.5) is 0 Å². The normalized spacial score (nSPS) is 11.2. The van der Waals surface area contributed by atoms with Crippen LogP contribution in [0, 0.1) is 5.92 Å². The van der Waals surface area contributed by atoms with Crippen molar-refractivity contribution in [2.75, 3.05) is 14.2 Å². The molecule has 0 amide bonds. The quantitative estimate of drug-likeness (QED) is 0.208. The summed E-state index contributed by atoms with van der Waals surface area (Å²) < 4.78 is 9.89. The molecule has 0 aliphatic rings. The third kappa shape index (κ3) is 5.58. The van der Waals surface area contributed by atoms with E-state index in [1.165, 1.54) is 21.1 Å². The molecule has 172 valence electrons. The first kappa shape index (κ1) is 24.4. The van der Waals surface area contributed by atoms with E-state index >= 15 is 0 Å². The summed E-state index contributed by atoms with van der Waals surface area (Å²) in [4.78, 5) is 38.7. The van der Waals surface area contributed by atoms with E-state index in [1.54, 1.807) is 24.3 Å². The molecule has 0 radical (unpaired) electrons. The van der Waals surface area contributed by atoms with Crippen LogP contribution in [0.2, 0.25) is 0 Å². The lowest BCUT2D eigenvalue weighted by molar-refractivity contribution is -0.159. The third-order valence-electron chi connectivity index (χ3n) is 5.48. The summed E-state index contributed by atoms with van der Waals surface area (Å²) in [5, 5.41) is 0. The van der Waals surface area contributed by atoms with E-state index in [-0.39, 0.29) is 11.4 Å². The minimum Gasteiger partial charge on any atom is -0.468 e. The predicted octanol–water partition coefficient (Wildman–Crippen LogP) is 4.98. The number of hydrogen-bond acceptors (Lipinski definition) is 5. The number of carbonyl (C=O) groups is 3. The van der Waals surface area contributed by atoms with Crippen molar-refractivity contribution in [3.8, 4) is 0 Å². The fourth-order valence-electron chi connectivity index (χ4n) is 3.85. The molecule has 3 rings (SSSR count). The smallest absolute Gasteiger partial charge is 0.321 e. The molecule has 0 spiro atoms. The highest BCUT2D eigenvalue weighted by Gasteiger charge is 2.41. The summed E-state index contributed by atoms with van der Waals surface area (Å²) in [6, 6.07) is 28.0. The van der Waals surface area contributed by atoms with Crippen molar-refractivity contribution < 1.29 is 23.9 Å². The molecule has 5 heteroatoms. The van der Waals surface area contributed by atoms with E-state index < -0.39 is 23.8 Å². The van der Waals surface area contributed by atoms with Crippen LogP contribution >= 0.6 is 0 Å². The molecule has 0 saturated heterocycles. The second kappa shape index (κ2) is 11.6. The van der Waals surface area contributed by atoms with Gasteiger partial charge in [-0.15, -0.1) is 5.73 Å². The Morgan fingerprint density at radius 1 is 0.676 bits per heavy atom. The Bertz CT molecular complexity index is 1150. The predicted molar refractivity (Wildman–Crippen MR) is 130 cm³/mol. The van der Waals surface area contributed by atoms with Gasteiger partial charge in [-0.25, -0.2) is 0 Å². The van der Waals surface area contributed by atoms with Crippen molar-refractivity contribution in [3.05, 3.63) is 119 Å². The van der Waals surface area contributed by atoms with Gasteiger partial charge in [0.25, 0.3) is 0 Å². The zero-order chi connectivity index (χ0) is 24.5. The van der Waals surface area contributed by atoms with Gasteiger partial charge in [0.2, 0.25) is 0 Å². The van der Waals surface area contributed by atoms with Crippen LogP contribution < -0.4 is 0 Å². The molecule has 0 fully saturated rings. The van der Waals surface area contributed by atoms with Crippen molar-refractivity contribution in [1.29, 1.82) is 0 Å². The number of ketones is 1. The maximum Gasteiger partial charge on any atom is 0.321 e. The summed E-state index contributed by atoms with van der Waals surface area (Å²) in [6.45, 7) is 1.40. The van der Waals surface area contributed by atoms with Crippen molar-refractivity contribution in [2.45, 2.75) is 12.8 Å². The van der Waals surface area contributed by atoms with Gasteiger partial charge in [-0.3, -0.25) is 14.4 Å². The molecule has 0 heterocycles. The number of Topliss-reactive ketones (excluding diaryl/α,β-unsaturated/α-hetero) is 1. The first-order valence-electron chi connectivity index (χ1n) is 10.8. The topological polar surface area (TPSA) is 69.7 Å². The lowest BCUT2D eigenvalue weighted by Crippen LogP contribution is -2.34. The van der Waals surface area contributed by atoms with Crippen LogP contribution in [0.3, 0.4) is 0 Å². The minimum atomic E-state index is -1.38. The molecule has 1 unspecified atom stereocenters. The van der Waals surface area contributed by atoms with Gasteiger partial charge < -0.3 is 9.47 Å². The van der Waals surface area contributed by atoms with Crippen LogP contribution in [0.1, 0.15) is 29.5 Å². The van der Waals surface area contributed by atoms with E-state index in [2.05, 4.69) is 5.73 Å². The highest BCUT2D eigenvalue weighted by atomic mass is 16.5. The Labute approximate surface area is 199 Å². The molecule has 34 heavy (non-hydrogen) atoms. The number of ether oxygens (including phenoxy) is 2. The van der Waals surface area contributed by atoms with Crippen molar-refractivity contribution in [2.24, 2.45) is 5.92 Å². The highest BCUT2D eigenvalue weighted by Crippen LogP contribution is 2.35. The van der Waals surface area contributed by atoms with Gasteiger partial charge in [0, 0.05) is 17.1 Å². The number of benzene rings is 3. The Kier molecular flexibility index (Phi) is 8.33. The van der Waals surface area contributed by atoms with Crippen molar-refractivity contribution in [1.82, 2.24) is 0 Å². The first-order chi connectivity index (χ1) is 16.5. The van der Waals surface area contributed by atoms with Gasteiger partial charge in [-0.2, -0.15) is 0 Å². The molecule has 0 saturated carbocycles. The average Bonchev–Trinajstić information content (AvgIpc) is 2.89. The first-order valence-corrected chi connectivity index (χ1v) is 10.8. The monoisotopic (exact) mass is 454 g/mol. The second-order valence-corrected chi connectivity index (χ2v) is 7.61. The fourth-order valence-corrected chi connectivity index (χ4v) is 3.85. The maximum absolute atomic E-state index is 13.1. The van der Waals surface area contributed by atoms with E-state index in [1.807, 2.05) is 66.7 Å². The lowest BCUT2D eigenvalue weighted by atomic mass is 9.78. The van der Waals surface area contributed by atoms with Crippen LogP contribution in [-0.2, 0) is 23.9 Å². The van der Waals surface area contributed by atoms with E-state index in [4.69, 9.17) is 9.47 Å². The number of hydrogen-bond donors (Lipinski definition) is 0. The summed E-state index contributed by atoms with van der Waals surface area (Å²) in [7, 11) is 2.40. The van der Waals surface area contributed by atoms with Crippen LogP contribution in [0.15, 0.2) is 102 Å². The van der Waals surface area contributed by atoms with Gasteiger partial charge in [0.05, 0.1) is 14.2 Å². The Morgan fingerprint density at radius 3 is 1.47 bits per heavy atom. The molecular formula is C29H26O5. The van der Waals surface area contributed by atoms with Gasteiger partial charge >= 0.3 is 11.9 Å². The van der Waals surface area contributed by atoms with Gasteiger partial charge in [-0.05, 0) is 23.6 Å². The summed E-state index contributed by atoms with van der Waals surface area (Å²) >= 11 is 0. The SMILES string of the molecule is COC(=O)C(C(=O)OC)C(C(=C=C(c1ccccc1)c1ccccc1)C(C)=O)c1ccccc1. The fraction of sp³-hybridized carbons (Fsp3) is 0.172. The third-order valence-corrected chi connectivity index (χ3v) is 5.48. The lowest BCUT2D eigenvalue weighted by Gasteiger charge is -2.24. The van der Waals surface area contributed by atoms with Crippen LogP contribution in [-0.4, -0.2) is 31.9 Å². The van der Waals surface area contributed by atoms with Crippen LogP contribution in [0.25, 0.3) is 5.57 Å². The zero-order valence-electron chi connectivity index (χ0n) is 19.4. The molecule has 0 N–H and O–H groups in total.